The standard InChI is InChI=1S/C20H19Br2N3O4/c1-4-11(2)29-18-15(28-3)9-12(16(21)17(18)22)10-23-25-19(26)13-7-5-6-8-14(13)24-20(25)27/h5-11H,4H2,1-3H3,(H,24,27)/t11-/m0/s1. The van der Waals surface area contributed by atoms with Gasteiger partial charge >= 0.3 is 5.69 Å². The first-order valence-electron chi connectivity index (χ1n) is 8.88. The fourth-order valence-corrected chi connectivity index (χ4v) is 3.54. The summed E-state index contributed by atoms with van der Waals surface area (Å²) in [4.78, 5) is 27.6. The van der Waals surface area contributed by atoms with Gasteiger partial charge in [0.2, 0.25) is 0 Å². The minimum Gasteiger partial charge on any atom is -0.493 e. The van der Waals surface area contributed by atoms with Crippen LogP contribution in [0.25, 0.3) is 10.9 Å². The molecule has 0 aliphatic heterocycles. The van der Waals surface area contributed by atoms with Gasteiger partial charge < -0.3 is 14.5 Å². The minimum atomic E-state index is -0.621. The Hall–Kier alpha value is -2.39. The molecule has 9 heteroatoms. The van der Waals surface area contributed by atoms with Crippen LogP contribution in [0.2, 0.25) is 0 Å². The minimum absolute atomic E-state index is 0.00125. The van der Waals surface area contributed by atoms with E-state index in [-0.39, 0.29) is 6.10 Å². The van der Waals surface area contributed by atoms with Crippen molar-refractivity contribution in [3.8, 4) is 11.5 Å². The first-order valence-corrected chi connectivity index (χ1v) is 10.5. The van der Waals surface area contributed by atoms with Gasteiger partial charge in [0.25, 0.3) is 5.56 Å². The van der Waals surface area contributed by atoms with Crippen molar-refractivity contribution in [3.63, 3.8) is 0 Å². The number of rotatable bonds is 6. The summed E-state index contributed by atoms with van der Waals surface area (Å²) in [6.07, 6.45) is 2.25. The fraction of sp³-hybridized carbons (Fsp3) is 0.250. The fourth-order valence-electron chi connectivity index (χ4n) is 2.62. The second kappa shape index (κ2) is 8.96. The van der Waals surface area contributed by atoms with Crippen molar-refractivity contribution in [2.45, 2.75) is 26.4 Å². The zero-order valence-corrected chi connectivity index (χ0v) is 19.2. The number of ether oxygens (including phenoxy) is 2. The van der Waals surface area contributed by atoms with Gasteiger partial charge in [-0.1, -0.05) is 19.1 Å². The summed E-state index contributed by atoms with van der Waals surface area (Å²) in [6.45, 7) is 3.99. The number of nitrogens with one attached hydrogen (secondary N) is 1. The number of benzene rings is 2. The van der Waals surface area contributed by atoms with Gasteiger partial charge in [-0.05, 0) is 63.4 Å². The van der Waals surface area contributed by atoms with Crippen LogP contribution in [0, 0.1) is 0 Å². The van der Waals surface area contributed by atoms with E-state index in [1.807, 2.05) is 13.8 Å². The molecule has 0 saturated carbocycles. The molecule has 1 heterocycles. The molecule has 0 saturated heterocycles. The zero-order chi connectivity index (χ0) is 21.1. The number of aromatic amines is 1. The van der Waals surface area contributed by atoms with Crippen LogP contribution in [0.3, 0.4) is 0 Å². The van der Waals surface area contributed by atoms with Gasteiger partial charge in [0.15, 0.2) is 11.5 Å². The molecule has 1 aromatic heterocycles. The van der Waals surface area contributed by atoms with Crippen LogP contribution in [0.15, 0.2) is 54.0 Å². The number of halogens is 2. The molecule has 0 amide bonds. The summed E-state index contributed by atoms with van der Waals surface area (Å²) < 4.78 is 13.5. The van der Waals surface area contributed by atoms with E-state index in [2.05, 4.69) is 41.9 Å². The molecule has 1 N–H and O–H groups in total. The number of hydrogen-bond acceptors (Lipinski definition) is 5. The van der Waals surface area contributed by atoms with Crippen LogP contribution in [-0.2, 0) is 0 Å². The van der Waals surface area contributed by atoms with E-state index in [1.54, 1.807) is 37.4 Å². The first kappa shape index (κ1) is 21.3. The van der Waals surface area contributed by atoms with Crippen molar-refractivity contribution >= 4 is 49.0 Å². The second-order valence-corrected chi connectivity index (χ2v) is 7.89. The van der Waals surface area contributed by atoms with Crippen molar-refractivity contribution < 1.29 is 9.47 Å². The van der Waals surface area contributed by atoms with Gasteiger partial charge in [-0.15, -0.1) is 4.68 Å². The van der Waals surface area contributed by atoms with E-state index >= 15 is 0 Å². The van der Waals surface area contributed by atoms with Gasteiger partial charge in [0.05, 0.1) is 34.8 Å². The second-order valence-electron chi connectivity index (χ2n) is 6.30. The maximum absolute atomic E-state index is 12.6. The van der Waals surface area contributed by atoms with E-state index in [4.69, 9.17) is 9.47 Å². The number of para-hydroxylation sites is 1. The highest BCUT2D eigenvalue weighted by Gasteiger charge is 2.18. The molecule has 7 nitrogen and oxygen atoms in total. The van der Waals surface area contributed by atoms with Gasteiger partial charge in [-0.3, -0.25) is 4.79 Å². The summed E-state index contributed by atoms with van der Waals surface area (Å²) in [6, 6.07) is 8.49. The van der Waals surface area contributed by atoms with Crippen LogP contribution in [-0.4, -0.2) is 29.1 Å². The third-order valence-electron chi connectivity index (χ3n) is 4.37. The summed E-state index contributed by atoms with van der Waals surface area (Å²) in [7, 11) is 1.54. The quantitative estimate of drug-likeness (QED) is 0.487. The maximum Gasteiger partial charge on any atom is 0.349 e. The Morgan fingerprint density at radius 1 is 1.24 bits per heavy atom. The molecular weight excluding hydrogens is 506 g/mol. The lowest BCUT2D eigenvalue weighted by atomic mass is 10.2. The van der Waals surface area contributed by atoms with Crippen molar-refractivity contribution in [1.82, 2.24) is 9.66 Å². The van der Waals surface area contributed by atoms with Crippen molar-refractivity contribution in [1.29, 1.82) is 0 Å². The summed E-state index contributed by atoms with van der Waals surface area (Å²) in [5.74, 6) is 1.06. The molecule has 29 heavy (non-hydrogen) atoms. The molecule has 0 aliphatic carbocycles. The summed E-state index contributed by atoms with van der Waals surface area (Å²) in [5.41, 5.74) is -0.0564. The van der Waals surface area contributed by atoms with E-state index in [0.29, 0.717) is 36.9 Å². The van der Waals surface area contributed by atoms with E-state index in [0.717, 1.165) is 11.1 Å². The van der Waals surface area contributed by atoms with Gasteiger partial charge in [-0.2, -0.15) is 5.10 Å². The number of methoxy groups -OCH3 is 1. The Morgan fingerprint density at radius 3 is 2.66 bits per heavy atom. The van der Waals surface area contributed by atoms with Crippen LogP contribution >= 0.6 is 31.9 Å². The SMILES string of the molecule is CC[C@H](C)Oc1c(OC)cc(C=Nn2c(=O)[nH]c3ccccc3c2=O)c(Br)c1Br. The third-order valence-corrected chi connectivity index (χ3v) is 6.51. The molecule has 152 valence electrons. The molecule has 2 aromatic carbocycles. The number of H-pyrrole nitrogens is 1. The molecule has 0 unspecified atom stereocenters. The molecule has 3 aromatic rings. The number of nitrogens with zero attached hydrogens (tertiary/aromatic N) is 2. The van der Waals surface area contributed by atoms with Gasteiger partial charge in [0.1, 0.15) is 0 Å². The lowest BCUT2D eigenvalue weighted by molar-refractivity contribution is 0.206. The van der Waals surface area contributed by atoms with E-state index < -0.39 is 11.2 Å². The smallest absolute Gasteiger partial charge is 0.349 e. The highest BCUT2D eigenvalue weighted by molar-refractivity contribution is 9.13. The molecule has 0 fully saturated rings. The Labute approximate surface area is 183 Å². The highest BCUT2D eigenvalue weighted by atomic mass is 79.9. The normalized spacial score (nSPS) is 12.4. The van der Waals surface area contributed by atoms with Crippen molar-refractivity contribution in [3.05, 3.63) is 65.7 Å². The topological polar surface area (TPSA) is 85.7 Å². The largest absolute Gasteiger partial charge is 0.493 e. The predicted molar refractivity (Wildman–Crippen MR) is 121 cm³/mol. The third kappa shape index (κ3) is 4.30. The molecule has 0 spiro atoms. The average Bonchev–Trinajstić information content (AvgIpc) is 2.72. The maximum atomic E-state index is 12.6. The van der Waals surface area contributed by atoms with Crippen LogP contribution < -0.4 is 20.7 Å². The Bertz CT molecular complexity index is 1200. The summed E-state index contributed by atoms with van der Waals surface area (Å²) >= 11 is 7.03. The first-order chi connectivity index (χ1) is 13.9. The van der Waals surface area contributed by atoms with Crippen LogP contribution in [0.1, 0.15) is 25.8 Å². The van der Waals surface area contributed by atoms with Crippen molar-refractivity contribution in [2.24, 2.45) is 5.10 Å². The molecule has 3 rings (SSSR count). The van der Waals surface area contributed by atoms with E-state index in [9.17, 15) is 9.59 Å². The molecule has 0 bridgehead atoms. The average molecular weight is 525 g/mol. The van der Waals surface area contributed by atoms with Crippen molar-refractivity contribution in [2.75, 3.05) is 7.11 Å². The number of aromatic nitrogens is 2. The Morgan fingerprint density at radius 2 is 1.97 bits per heavy atom. The molecule has 1 atom stereocenters. The summed E-state index contributed by atoms with van der Waals surface area (Å²) in [5, 5.41) is 4.47. The van der Waals surface area contributed by atoms with Crippen LogP contribution in [0.5, 0.6) is 11.5 Å². The zero-order valence-electron chi connectivity index (χ0n) is 16.0. The van der Waals surface area contributed by atoms with Gasteiger partial charge in [0, 0.05) is 10.0 Å². The lowest BCUT2D eigenvalue weighted by Crippen LogP contribution is -2.32. The van der Waals surface area contributed by atoms with E-state index in [1.165, 1.54) is 6.21 Å². The predicted octanol–water partition coefficient (Wildman–Crippen LogP) is 4.28. The molecule has 0 radical (unpaired) electrons. The molecular formula is C20H19Br2N3O4. The monoisotopic (exact) mass is 523 g/mol. The Balaban J connectivity index is 2.08. The van der Waals surface area contributed by atoms with Gasteiger partial charge in [-0.25, -0.2) is 4.79 Å². The lowest BCUT2D eigenvalue weighted by Gasteiger charge is -2.18. The number of fused-ring (bicyclic) bond motifs is 1. The molecule has 0 aliphatic rings. The highest BCUT2D eigenvalue weighted by Crippen LogP contribution is 2.42. The van der Waals surface area contributed by atoms with Crippen LogP contribution in [0.4, 0.5) is 0 Å². The number of hydrogen-bond donors (Lipinski definition) is 1. The Kier molecular flexibility index (Phi) is 6.59.